The van der Waals surface area contributed by atoms with Crippen LogP contribution in [-0.4, -0.2) is 47.7 Å². The summed E-state index contributed by atoms with van der Waals surface area (Å²) in [6.45, 7) is 7.53. The number of rotatable bonds is 3. The quantitative estimate of drug-likeness (QED) is 0.631. The van der Waals surface area contributed by atoms with Crippen molar-refractivity contribution in [3.8, 4) is 0 Å². The van der Waals surface area contributed by atoms with Crippen LogP contribution in [0.2, 0.25) is 0 Å². The number of hydrogen-bond acceptors (Lipinski definition) is 4. The zero-order chi connectivity index (χ0) is 15.6. The van der Waals surface area contributed by atoms with Crippen LogP contribution >= 0.6 is 12.2 Å². The first-order valence-electron chi connectivity index (χ1n) is 7.89. The topological polar surface area (TPSA) is 21.7 Å². The molecule has 2 atom stereocenters. The van der Waals surface area contributed by atoms with Gasteiger partial charge in [-0.2, -0.15) is 0 Å². The lowest BCUT2D eigenvalue weighted by atomic mass is 9.79. The van der Waals surface area contributed by atoms with Crippen molar-refractivity contribution in [2.24, 2.45) is 0 Å². The zero-order valence-electron chi connectivity index (χ0n) is 13.2. The second-order valence-corrected chi connectivity index (χ2v) is 6.48. The predicted molar refractivity (Wildman–Crippen MR) is 92.3 cm³/mol. The standard InChI is InChI=1S/C18H23NO2S/c1-14-4-6-16(7-5-14)17(22)18(8-3-11-21-15(18)2)19-9-12-20-13-10-19/h3-7,11,15H,8-10,12-13H2,1-2H3. The summed E-state index contributed by atoms with van der Waals surface area (Å²) in [5.41, 5.74) is 2.11. The van der Waals surface area contributed by atoms with Crippen LogP contribution in [-0.2, 0) is 9.47 Å². The normalized spacial score (nSPS) is 29.1. The van der Waals surface area contributed by atoms with Crippen LogP contribution in [0.15, 0.2) is 36.6 Å². The fourth-order valence-corrected chi connectivity index (χ4v) is 3.92. The maximum atomic E-state index is 5.96. The Labute approximate surface area is 137 Å². The summed E-state index contributed by atoms with van der Waals surface area (Å²) in [5.74, 6) is 0. The van der Waals surface area contributed by atoms with E-state index in [1.165, 1.54) is 5.56 Å². The van der Waals surface area contributed by atoms with Crippen molar-refractivity contribution in [3.63, 3.8) is 0 Å². The molecule has 0 spiro atoms. The number of benzene rings is 1. The van der Waals surface area contributed by atoms with Crippen molar-refractivity contribution in [2.45, 2.75) is 31.9 Å². The minimum Gasteiger partial charge on any atom is -0.496 e. The molecule has 3 nitrogen and oxygen atoms in total. The second-order valence-electron chi connectivity index (χ2n) is 6.07. The van der Waals surface area contributed by atoms with Crippen LogP contribution in [0.5, 0.6) is 0 Å². The first kappa shape index (κ1) is 15.7. The van der Waals surface area contributed by atoms with Gasteiger partial charge in [0.2, 0.25) is 0 Å². The third-order valence-corrected chi connectivity index (χ3v) is 5.35. The van der Waals surface area contributed by atoms with E-state index in [2.05, 4.69) is 49.1 Å². The number of ether oxygens (including phenoxy) is 2. The molecule has 2 aliphatic heterocycles. The van der Waals surface area contributed by atoms with Crippen molar-refractivity contribution in [3.05, 3.63) is 47.7 Å². The predicted octanol–water partition coefficient (Wildman–Crippen LogP) is 3.11. The van der Waals surface area contributed by atoms with E-state index in [0.29, 0.717) is 0 Å². The lowest BCUT2D eigenvalue weighted by molar-refractivity contribution is -0.0494. The van der Waals surface area contributed by atoms with E-state index < -0.39 is 0 Å². The van der Waals surface area contributed by atoms with E-state index in [1.54, 1.807) is 6.26 Å². The van der Waals surface area contributed by atoms with E-state index in [0.717, 1.165) is 43.2 Å². The van der Waals surface area contributed by atoms with Crippen molar-refractivity contribution >= 4 is 17.1 Å². The Morgan fingerprint density at radius 3 is 2.55 bits per heavy atom. The first-order chi connectivity index (χ1) is 10.6. The average molecular weight is 317 g/mol. The van der Waals surface area contributed by atoms with Crippen LogP contribution < -0.4 is 0 Å². The number of morpholine rings is 1. The van der Waals surface area contributed by atoms with Crippen molar-refractivity contribution in [1.82, 2.24) is 4.90 Å². The third-order valence-electron chi connectivity index (χ3n) is 4.76. The maximum Gasteiger partial charge on any atom is 0.119 e. The van der Waals surface area contributed by atoms with E-state index in [9.17, 15) is 0 Å². The molecule has 4 heteroatoms. The van der Waals surface area contributed by atoms with E-state index in [1.807, 2.05) is 0 Å². The van der Waals surface area contributed by atoms with Crippen LogP contribution in [0.1, 0.15) is 24.5 Å². The van der Waals surface area contributed by atoms with Crippen molar-refractivity contribution < 1.29 is 9.47 Å². The van der Waals surface area contributed by atoms with Gasteiger partial charge >= 0.3 is 0 Å². The van der Waals surface area contributed by atoms with Gasteiger partial charge in [0.15, 0.2) is 0 Å². The molecule has 118 valence electrons. The maximum absolute atomic E-state index is 5.96. The third kappa shape index (κ3) is 2.71. The van der Waals surface area contributed by atoms with E-state index in [-0.39, 0.29) is 11.6 Å². The van der Waals surface area contributed by atoms with Gasteiger partial charge < -0.3 is 9.47 Å². The molecule has 2 aliphatic rings. The fraction of sp³-hybridized carbons (Fsp3) is 0.500. The summed E-state index contributed by atoms with van der Waals surface area (Å²) in [6, 6.07) is 8.51. The Balaban J connectivity index is 1.99. The lowest BCUT2D eigenvalue weighted by Gasteiger charge is -2.50. The summed E-state index contributed by atoms with van der Waals surface area (Å²) in [6.07, 6.45) is 4.82. The van der Waals surface area contributed by atoms with Crippen LogP contribution in [0, 0.1) is 6.92 Å². The molecule has 1 fully saturated rings. The Bertz CT molecular complexity index is 563. The summed E-state index contributed by atoms with van der Waals surface area (Å²) in [5, 5.41) is 0. The molecule has 0 bridgehead atoms. The second kappa shape index (κ2) is 6.49. The zero-order valence-corrected chi connectivity index (χ0v) is 14.1. The SMILES string of the molecule is Cc1ccc(C(=S)C2(N3CCOCC3)CC=COC2C)cc1. The molecule has 0 aromatic heterocycles. The molecule has 2 heterocycles. The molecule has 0 N–H and O–H groups in total. The summed E-state index contributed by atoms with van der Waals surface area (Å²) in [7, 11) is 0. The highest BCUT2D eigenvalue weighted by atomic mass is 32.1. The minimum atomic E-state index is -0.261. The molecule has 0 amide bonds. The Morgan fingerprint density at radius 1 is 1.23 bits per heavy atom. The van der Waals surface area contributed by atoms with Crippen LogP contribution in [0.4, 0.5) is 0 Å². The molecule has 3 rings (SSSR count). The molecule has 0 saturated carbocycles. The van der Waals surface area contributed by atoms with Gasteiger partial charge in [-0.05, 0) is 31.9 Å². The van der Waals surface area contributed by atoms with Crippen LogP contribution in [0.25, 0.3) is 0 Å². The van der Waals surface area contributed by atoms with E-state index >= 15 is 0 Å². The molecular formula is C18H23NO2S. The van der Waals surface area contributed by atoms with Gasteiger partial charge in [-0.3, -0.25) is 4.90 Å². The van der Waals surface area contributed by atoms with Crippen molar-refractivity contribution in [1.29, 1.82) is 0 Å². The van der Waals surface area contributed by atoms with Crippen LogP contribution in [0.3, 0.4) is 0 Å². The molecular weight excluding hydrogens is 294 g/mol. The number of nitrogens with zero attached hydrogens (tertiary/aromatic N) is 1. The van der Waals surface area contributed by atoms with Gasteiger partial charge in [-0.15, -0.1) is 0 Å². The molecule has 0 radical (unpaired) electrons. The fourth-order valence-electron chi connectivity index (χ4n) is 3.40. The summed E-state index contributed by atoms with van der Waals surface area (Å²) >= 11 is 5.96. The Hall–Kier alpha value is -1.23. The lowest BCUT2D eigenvalue weighted by Crippen LogP contribution is -2.64. The molecule has 22 heavy (non-hydrogen) atoms. The highest BCUT2D eigenvalue weighted by Crippen LogP contribution is 2.35. The average Bonchev–Trinajstić information content (AvgIpc) is 2.56. The van der Waals surface area contributed by atoms with Gasteiger partial charge in [0.05, 0.1) is 25.0 Å². The molecule has 2 unspecified atom stereocenters. The Morgan fingerprint density at radius 2 is 1.91 bits per heavy atom. The Kier molecular flexibility index (Phi) is 4.62. The highest BCUT2D eigenvalue weighted by Gasteiger charge is 2.47. The highest BCUT2D eigenvalue weighted by molar-refractivity contribution is 7.81. The number of thiocarbonyl (C=S) groups is 1. The molecule has 1 aromatic carbocycles. The van der Waals surface area contributed by atoms with E-state index in [4.69, 9.17) is 21.7 Å². The van der Waals surface area contributed by atoms with Gasteiger partial charge in [-0.1, -0.05) is 42.0 Å². The largest absolute Gasteiger partial charge is 0.496 e. The summed E-state index contributed by atoms with van der Waals surface area (Å²) in [4.78, 5) is 3.43. The molecule has 0 aliphatic carbocycles. The monoisotopic (exact) mass is 317 g/mol. The number of hydrogen-bond donors (Lipinski definition) is 0. The summed E-state index contributed by atoms with van der Waals surface area (Å²) < 4.78 is 11.4. The smallest absolute Gasteiger partial charge is 0.119 e. The van der Waals surface area contributed by atoms with Gasteiger partial charge in [0.1, 0.15) is 6.10 Å². The number of aryl methyl sites for hydroxylation is 1. The molecule has 1 saturated heterocycles. The first-order valence-corrected chi connectivity index (χ1v) is 8.30. The van der Waals surface area contributed by atoms with Gasteiger partial charge in [0, 0.05) is 18.0 Å². The van der Waals surface area contributed by atoms with Gasteiger partial charge in [0.25, 0.3) is 0 Å². The molecule has 1 aromatic rings. The van der Waals surface area contributed by atoms with Gasteiger partial charge in [-0.25, -0.2) is 0 Å². The van der Waals surface area contributed by atoms with Crippen molar-refractivity contribution in [2.75, 3.05) is 26.3 Å². The minimum absolute atomic E-state index is 0.0319.